The van der Waals surface area contributed by atoms with Gasteiger partial charge in [0.05, 0.1) is 6.61 Å². The van der Waals surface area contributed by atoms with Gasteiger partial charge in [0, 0.05) is 13.5 Å². The molecule has 3 nitrogen and oxygen atoms in total. The topological polar surface area (TPSA) is 29.5 Å². The van der Waals surface area contributed by atoms with Crippen LogP contribution in [0.25, 0.3) is 0 Å². The summed E-state index contributed by atoms with van der Waals surface area (Å²) in [5.74, 6) is -0.221. The van der Waals surface area contributed by atoms with Crippen LogP contribution in [0.5, 0.6) is 0 Å². The first kappa shape index (κ1) is 9.78. The Hall–Kier alpha value is -0.220. The number of hydrogen-bond donors (Lipinski definition) is 1. The molecular weight excluding hydrogens is 150 g/mol. The molecule has 0 fully saturated rings. The third-order valence-electron chi connectivity index (χ3n) is 0.931. The van der Waals surface area contributed by atoms with Gasteiger partial charge in [0.2, 0.25) is 0 Å². The predicted octanol–water partition coefficient (Wildman–Crippen LogP) is 0.716. The van der Waals surface area contributed by atoms with Crippen molar-refractivity contribution in [3.63, 3.8) is 0 Å². The summed E-state index contributed by atoms with van der Waals surface area (Å²) < 4.78 is 6.45. The number of carbonyl (C=O) groups excluding carboxylic acids is 1. The molecule has 0 saturated carbocycles. The molecule has 10 heavy (non-hydrogen) atoms. The third-order valence-corrected chi connectivity index (χ3v) is 1.13. The summed E-state index contributed by atoms with van der Waals surface area (Å²) in [5.41, 5.74) is 0. The van der Waals surface area contributed by atoms with Crippen molar-refractivity contribution in [1.82, 2.24) is 4.31 Å². The molecule has 0 amide bonds. The summed E-state index contributed by atoms with van der Waals surface area (Å²) in [6, 6.07) is 0. The van der Waals surface area contributed by atoms with E-state index in [9.17, 15) is 4.79 Å². The molecule has 0 rings (SSSR count). The maximum Gasteiger partial charge on any atom is 0.302 e. The summed E-state index contributed by atoms with van der Waals surface area (Å²) in [4.78, 5) is 10.2. The van der Waals surface area contributed by atoms with Crippen LogP contribution in [0.4, 0.5) is 0 Å². The van der Waals surface area contributed by atoms with Gasteiger partial charge in [-0.2, -0.15) is 0 Å². The van der Waals surface area contributed by atoms with Gasteiger partial charge in [-0.25, -0.2) is 0 Å². The van der Waals surface area contributed by atoms with Gasteiger partial charge in [-0.1, -0.05) is 12.8 Å². The van der Waals surface area contributed by atoms with Crippen molar-refractivity contribution < 1.29 is 9.53 Å². The molecule has 0 heterocycles. The largest absolute Gasteiger partial charge is 0.466 e. The predicted molar refractivity (Wildman–Crippen MR) is 42.9 cm³/mol. The molecule has 0 N–H and O–H groups in total. The molecule has 0 aliphatic heterocycles. The fourth-order valence-electron chi connectivity index (χ4n) is 0.509. The van der Waals surface area contributed by atoms with Crippen LogP contribution in [0.1, 0.15) is 13.3 Å². The van der Waals surface area contributed by atoms with E-state index < -0.39 is 0 Å². The lowest BCUT2D eigenvalue weighted by Gasteiger charge is -2.06. The standard InChI is InChI=1S/C6H13NO2S/c1-6(8)9-5-3-4-7(2)10/h10H,3-5H2,1-2H3. The summed E-state index contributed by atoms with van der Waals surface area (Å²) >= 11 is 4.02. The quantitative estimate of drug-likeness (QED) is 0.376. The minimum absolute atomic E-state index is 0.221. The Morgan fingerprint density at radius 1 is 1.70 bits per heavy atom. The lowest BCUT2D eigenvalue weighted by molar-refractivity contribution is -0.141. The van der Waals surface area contributed by atoms with Gasteiger partial charge in [0.15, 0.2) is 0 Å². The van der Waals surface area contributed by atoms with E-state index in [0.717, 1.165) is 13.0 Å². The smallest absolute Gasteiger partial charge is 0.302 e. The minimum atomic E-state index is -0.221. The van der Waals surface area contributed by atoms with Gasteiger partial charge in [0.1, 0.15) is 0 Å². The number of ether oxygens (including phenoxy) is 1. The fraction of sp³-hybridized carbons (Fsp3) is 0.833. The highest BCUT2D eigenvalue weighted by Gasteiger charge is 1.93. The van der Waals surface area contributed by atoms with Gasteiger partial charge in [-0.05, 0) is 13.5 Å². The zero-order chi connectivity index (χ0) is 7.98. The Labute approximate surface area is 66.9 Å². The van der Waals surface area contributed by atoms with Crippen LogP contribution >= 0.6 is 12.8 Å². The van der Waals surface area contributed by atoms with Crippen molar-refractivity contribution in [2.24, 2.45) is 0 Å². The second-order valence-electron chi connectivity index (χ2n) is 2.07. The van der Waals surface area contributed by atoms with Gasteiger partial charge in [-0.15, -0.1) is 0 Å². The Morgan fingerprint density at radius 3 is 2.70 bits per heavy atom. The van der Waals surface area contributed by atoms with Gasteiger partial charge >= 0.3 is 5.97 Å². The van der Waals surface area contributed by atoms with Crippen LogP contribution in [0, 0.1) is 0 Å². The van der Waals surface area contributed by atoms with Crippen molar-refractivity contribution in [2.75, 3.05) is 20.2 Å². The fourth-order valence-corrected chi connectivity index (χ4v) is 0.651. The highest BCUT2D eigenvalue weighted by Crippen LogP contribution is 1.90. The lowest BCUT2D eigenvalue weighted by atomic mass is 10.4. The van der Waals surface area contributed by atoms with Crippen molar-refractivity contribution >= 4 is 18.8 Å². The van der Waals surface area contributed by atoms with E-state index in [0.29, 0.717) is 6.61 Å². The molecule has 60 valence electrons. The molecule has 0 unspecified atom stereocenters. The number of thiol groups is 1. The van der Waals surface area contributed by atoms with E-state index in [1.807, 2.05) is 7.05 Å². The van der Waals surface area contributed by atoms with E-state index in [-0.39, 0.29) is 5.97 Å². The molecule has 0 bridgehead atoms. The monoisotopic (exact) mass is 163 g/mol. The van der Waals surface area contributed by atoms with Gasteiger partial charge in [0.25, 0.3) is 0 Å². The van der Waals surface area contributed by atoms with Gasteiger partial charge < -0.3 is 4.74 Å². The molecule has 0 aliphatic carbocycles. The van der Waals surface area contributed by atoms with Crippen molar-refractivity contribution in [1.29, 1.82) is 0 Å². The Bertz CT molecular complexity index is 106. The van der Waals surface area contributed by atoms with Gasteiger partial charge in [-0.3, -0.25) is 9.10 Å². The Morgan fingerprint density at radius 2 is 2.30 bits per heavy atom. The number of hydrogen-bond acceptors (Lipinski definition) is 4. The normalized spacial score (nSPS) is 10.0. The van der Waals surface area contributed by atoms with Crippen LogP contribution in [-0.4, -0.2) is 30.5 Å². The third kappa shape index (κ3) is 7.78. The summed E-state index contributed by atoms with van der Waals surface area (Å²) in [6.07, 6.45) is 0.833. The Balaban J connectivity index is 2.98. The molecule has 0 aromatic rings. The Kier molecular flexibility index (Phi) is 5.43. The van der Waals surface area contributed by atoms with Crippen LogP contribution in [0.3, 0.4) is 0 Å². The number of rotatable bonds is 4. The second-order valence-corrected chi connectivity index (χ2v) is 2.76. The van der Waals surface area contributed by atoms with E-state index >= 15 is 0 Å². The molecule has 0 aromatic heterocycles. The van der Waals surface area contributed by atoms with E-state index in [1.54, 1.807) is 4.31 Å². The highest BCUT2D eigenvalue weighted by molar-refractivity contribution is 7.77. The minimum Gasteiger partial charge on any atom is -0.466 e. The number of nitrogens with zero attached hydrogens (tertiary/aromatic N) is 1. The molecule has 0 spiro atoms. The van der Waals surface area contributed by atoms with Crippen molar-refractivity contribution in [2.45, 2.75) is 13.3 Å². The van der Waals surface area contributed by atoms with Crippen molar-refractivity contribution in [3.05, 3.63) is 0 Å². The van der Waals surface area contributed by atoms with Crippen LogP contribution in [0.2, 0.25) is 0 Å². The second kappa shape index (κ2) is 5.56. The first-order valence-corrected chi connectivity index (χ1v) is 3.56. The van der Waals surface area contributed by atoms with E-state index in [4.69, 9.17) is 4.74 Å². The molecule has 4 heteroatoms. The maximum atomic E-state index is 10.2. The first-order chi connectivity index (χ1) is 4.63. The molecular formula is C6H13NO2S. The maximum absolute atomic E-state index is 10.2. The summed E-state index contributed by atoms with van der Waals surface area (Å²) in [6.45, 7) is 2.72. The van der Waals surface area contributed by atoms with Crippen LogP contribution in [-0.2, 0) is 9.53 Å². The summed E-state index contributed by atoms with van der Waals surface area (Å²) in [7, 11) is 1.86. The number of esters is 1. The zero-order valence-corrected chi connectivity index (χ0v) is 7.23. The van der Waals surface area contributed by atoms with Crippen LogP contribution < -0.4 is 0 Å². The highest BCUT2D eigenvalue weighted by atomic mass is 32.1. The molecule has 0 saturated heterocycles. The SMILES string of the molecule is CC(=O)OCCCN(C)S. The summed E-state index contributed by atoms with van der Waals surface area (Å²) in [5, 5.41) is 0. The molecule has 0 radical (unpaired) electrons. The lowest BCUT2D eigenvalue weighted by Crippen LogP contribution is -2.10. The first-order valence-electron chi connectivity index (χ1n) is 3.16. The van der Waals surface area contributed by atoms with E-state index in [2.05, 4.69) is 12.8 Å². The zero-order valence-electron chi connectivity index (χ0n) is 6.33. The van der Waals surface area contributed by atoms with Crippen LogP contribution in [0.15, 0.2) is 0 Å². The van der Waals surface area contributed by atoms with Crippen molar-refractivity contribution in [3.8, 4) is 0 Å². The molecule has 0 aliphatic rings. The average Bonchev–Trinajstić information content (AvgIpc) is 1.79. The average molecular weight is 163 g/mol. The number of carbonyl (C=O) groups is 1. The molecule has 0 atom stereocenters. The molecule has 0 aromatic carbocycles. The van der Waals surface area contributed by atoms with E-state index in [1.165, 1.54) is 6.92 Å².